The molecule has 1 unspecified atom stereocenters. The van der Waals surface area contributed by atoms with Gasteiger partial charge in [0, 0.05) is 24.5 Å². The highest BCUT2D eigenvalue weighted by Crippen LogP contribution is 2.19. The number of aromatic nitrogens is 1. The van der Waals surface area contributed by atoms with Crippen LogP contribution in [-0.4, -0.2) is 39.7 Å². The third-order valence-corrected chi connectivity index (χ3v) is 3.20. The van der Waals surface area contributed by atoms with Crippen LogP contribution in [0.25, 0.3) is 0 Å². The van der Waals surface area contributed by atoms with Crippen LogP contribution in [0.5, 0.6) is 0 Å². The molecule has 1 heterocycles. The van der Waals surface area contributed by atoms with Crippen molar-refractivity contribution in [3.8, 4) is 0 Å². The van der Waals surface area contributed by atoms with Gasteiger partial charge in [0.25, 0.3) is 5.69 Å². The maximum absolute atomic E-state index is 10.6. The first-order chi connectivity index (χ1) is 8.58. The van der Waals surface area contributed by atoms with Crippen LogP contribution in [0.1, 0.15) is 12.0 Å². The van der Waals surface area contributed by atoms with Gasteiger partial charge in [0.1, 0.15) is 12.0 Å². The van der Waals surface area contributed by atoms with E-state index in [0.29, 0.717) is 12.2 Å². The van der Waals surface area contributed by atoms with E-state index in [1.807, 2.05) is 6.26 Å². The largest absolute Gasteiger partial charge is 0.396 e. The zero-order chi connectivity index (χ0) is 13.5. The van der Waals surface area contributed by atoms with Gasteiger partial charge in [0.2, 0.25) is 0 Å². The number of nitrogens with zero attached hydrogens (tertiary/aromatic N) is 2. The van der Waals surface area contributed by atoms with E-state index in [0.717, 1.165) is 11.3 Å². The summed E-state index contributed by atoms with van der Waals surface area (Å²) in [5.41, 5.74) is 0.717. The van der Waals surface area contributed by atoms with Crippen LogP contribution in [0.4, 0.5) is 11.5 Å². The molecule has 0 aliphatic rings. The molecule has 0 saturated heterocycles. The first-order valence-corrected chi connectivity index (χ1v) is 6.95. The third-order valence-electron chi connectivity index (χ3n) is 2.46. The van der Waals surface area contributed by atoms with E-state index < -0.39 is 4.92 Å². The number of rotatable bonds is 7. The first-order valence-electron chi connectivity index (χ1n) is 5.55. The Balaban J connectivity index is 2.79. The number of nitro groups is 1. The molecule has 7 heteroatoms. The van der Waals surface area contributed by atoms with Gasteiger partial charge >= 0.3 is 0 Å². The highest BCUT2D eigenvalue weighted by molar-refractivity contribution is 7.98. The molecule has 0 saturated carbocycles. The zero-order valence-corrected chi connectivity index (χ0v) is 11.2. The fraction of sp³-hybridized carbons (Fsp3) is 0.545. The van der Waals surface area contributed by atoms with E-state index in [1.54, 1.807) is 18.7 Å². The summed E-state index contributed by atoms with van der Waals surface area (Å²) in [5.74, 6) is 1.48. The maximum Gasteiger partial charge on any atom is 0.287 e. The Labute approximate surface area is 110 Å². The van der Waals surface area contributed by atoms with Crippen LogP contribution in [-0.2, 0) is 0 Å². The van der Waals surface area contributed by atoms with E-state index >= 15 is 0 Å². The Morgan fingerprint density at radius 3 is 2.89 bits per heavy atom. The Morgan fingerprint density at radius 2 is 2.39 bits per heavy atom. The van der Waals surface area contributed by atoms with Crippen molar-refractivity contribution in [1.29, 1.82) is 0 Å². The lowest BCUT2D eigenvalue weighted by Gasteiger charge is -2.18. The Morgan fingerprint density at radius 1 is 1.67 bits per heavy atom. The van der Waals surface area contributed by atoms with E-state index in [4.69, 9.17) is 5.11 Å². The van der Waals surface area contributed by atoms with Crippen LogP contribution in [0.2, 0.25) is 0 Å². The second-order valence-corrected chi connectivity index (χ2v) is 4.84. The molecule has 1 atom stereocenters. The Bertz CT molecular complexity index is 409. The molecule has 0 fully saturated rings. The number of nitrogens with one attached hydrogen (secondary N) is 1. The molecule has 2 N–H and O–H groups in total. The molecule has 100 valence electrons. The summed E-state index contributed by atoms with van der Waals surface area (Å²) in [7, 11) is 0. The van der Waals surface area contributed by atoms with E-state index in [9.17, 15) is 10.1 Å². The molecule has 0 spiro atoms. The molecule has 0 aliphatic heterocycles. The van der Waals surface area contributed by atoms with Gasteiger partial charge in [-0.15, -0.1) is 0 Å². The van der Waals surface area contributed by atoms with Gasteiger partial charge in [0.15, 0.2) is 0 Å². The molecule has 18 heavy (non-hydrogen) atoms. The number of hydrogen-bond acceptors (Lipinski definition) is 6. The molecule has 0 bridgehead atoms. The van der Waals surface area contributed by atoms with Crippen molar-refractivity contribution in [3.05, 3.63) is 27.9 Å². The van der Waals surface area contributed by atoms with Gasteiger partial charge < -0.3 is 10.4 Å². The van der Waals surface area contributed by atoms with Crippen molar-refractivity contribution in [2.24, 2.45) is 0 Å². The van der Waals surface area contributed by atoms with E-state index in [1.165, 1.54) is 12.3 Å². The number of anilines is 1. The fourth-order valence-electron chi connectivity index (χ4n) is 1.56. The van der Waals surface area contributed by atoms with Crippen LogP contribution in [0.15, 0.2) is 12.3 Å². The predicted molar refractivity (Wildman–Crippen MR) is 73.1 cm³/mol. The number of thioether (sulfide) groups is 1. The lowest BCUT2D eigenvalue weighted by Crippen LogP contribution is -2.24. The standard InChI is InChI=1S/C11H17N3O3S/c1-8-5-10(14(16)17)6-12-11(8)13-9(3-4-15)7-18-2/h5-6,9,15H,3-4,7H2,1-2H3,(H,12,13). The lowest BCUT2D eigenvalue weighted by atomic mass is 10.2. The summed E-state index contributed by atoms with van der Waals surface area (Å²) < 4.78 is 0. The van der Waals surface area contributed by atoms with Crippen LogP contribution in [0.3, 0.4) is 0 Å². The predicted octanol–water partition coefficient (Wildman–Crippen LogP) is 1.82. The molecule has 0 aromatic carbocycles. The van der Waals surface area contributed by atoms with Crippen molar-refractivity contribution < 1.29 is 10.0 Å². The molecule has 0 aliphatic carbocycles. The minimum atomic E-state index is -0.461. The van der Waals surface area contributed by atoms with Gasteiger partial charge in [-0.3, -0.25) is 10.1 Å². The summed E-state index contributed by atoms with van der Waals surface area (Å²) in [5, 5.41) is 22.8. The van der Waals surface area contributed by atoms with Crippen LogP contribution < -0.4 is 5.32 Å². The third kappa shape index (κ3) is 4.15. The summed E-state index contributed by atoms with van der Waals surface area (Å²) in [6.45, 7) is 1.88. The average molecular weight is 271 g/mol. The van der Waals surface area contributed by atoms with Crippen LogP contribution in [0, 0.1) is 17.0 Å². The maximum atomic E-state index is 10.6. The normalized spacial score (nSPS) is 12.2. The summed E-state index contributed by atoms with van der Waals surface area (Å²) >= 11 is 1.67. The van der Waals surface area contributed by atoms with Crippen LogP contribution >= 0.6 is 11.8 Å². The number of aryl methyl sites for hydroxylation is 1. The fourth-order valence-corrected chi connectivity index (χ4v) is 2.21. The van der Waals surface area contributed by atoms with Gasteiger partial charge in [0.05, 0.1) is 4.92 Å². The summed E-state index contributed by atoms with van der Waals surface area (Å²) in [6.07, 6.45) is 3.85. The molecule has 0 amide bonds. The van der Waals surface area contributed by atoms with Gasteiger partial charge in [-0.05, 0) is 25.2 Å². The highest BCUT2D eigenvalue weighted by atomic mass is 32.2. The molecule has 1 aromatic heterocycles. The van der Waals surface area contributed by atoms with Crippen molar-refractivity contribution in [3.63, 3.8) is 0 Å². The topological polar surface area (TPSA) is 88.3 Å². The van der Waals surface area contributed by atoms with E-state index in [-0.39, 0.29) is 18.3 Å². The Hall–Kier alpha value is -1.34. The van der Waals surface area contributed by atoms with Gasteiger partial charge in [-0.25, -0.2) is 4.98 Å². The van der Waals surface area contributed by atoms with Crippen molar-refractivity contribution in [2.75, 3.05) is 23.9 Å². The Kier molecular flexibility index (Phi) is 5.87. The monoisotopic (exact) mass is 271 g/mol. The SMILES string of the molecule is CSCC(CCO)Nc1ncc([N+](=O)[O-])cc1C. The molecule has 6 nitrogen and oxygen atoms in total. The lowest BCUT2D eigenvalue weighted by molar-refractivity contribution is -0.385. The highest BCUT2D eigenvalue weighted by Gasteiger charge is 2.13. The van der Waals surface area contributed by atoms with Gasteiger partial charge in [-0.2, -0.15) is 11.8 Å². The average Bonchev–Trinajstić information content (AvgIpc) is 2.32. The number of pyridine rings is 1. The molecular formula is C11H17N3O3S. The quantitative estimate of drug-likeness (QED) is 0.581. The first kappa shape index (κ1) is 14.7. The van der Waals surface area contributed by atoms with Gasteiger partial charge in [-0.1, -0.05) is 0 Å². The zero-order valence-electron chi connectivity index (χ0n) is 10.4. The number of aliphatic hydroxyl groups excluding tert-OH is 1. The molecule has 0 radical (unpaired) electrons. The number of aliphatic hydroxyl groups is 1. The molecule has 1 aromatic rings. The minimum Gasteiger partial charge on any atom is -0.396 e. The summed E-state index contributed by atoms with van der Waals surface area (Å²) in [4.78, 5) is 14.2. The minimum absolute atomic E-state index is 0.0124. The second-order valence-electron chi connectivity index (χ2n) is 3.93. The van der Waals surface area contributed by atoms with Crippen molar-refractivity contribution in [2.45, 2.75) is 19.4 Å². The number of hydrogen-bond donors (Lipinski definition) is 2. The molecular weight excluding hydrogens is 254 g/mol. The van der Waals surface area contributed by atoms with E-state index in [2.05, 4.69) is 10.3 Å². The molecule has 1 rings (SSSR count). The smallest absolute Gasteiger partial charge is 0.287 e. The second kappa shape index (κ2) is 7.17. The van der Waals surface area contributed by atoms with Crippen molar-refractivity contribution in [1.82, 2.24) is 4.98 Å². The summed E-state index contributed by atoms with van der Waals surface area (Å²) in [6, 6.07) is 1.60. The van der Waals surface area contributed by atoms with Crippen molar-refractivity contribution >= 4 is 23.3 Å².